The molecule has 1 saturated heterocycles. The van der Waals surface area contributed by atoms with E-state index in [2.05, 4.69) is 0 Å². The molecular weight excluding hydrogens is 608 g/mol. The van der Waals surface area contributed by atoms with Crippen molar-refractivity contribution in [1.29, 1.82) is 0 Å². The molecule has 1 fully saturated rings. The number of fused-ring (bicyclic) bond motifs is 1. The quantitative estimate of drug-likeness (QED) is 0.296. The molecule has 8 nitrogen and oxygen atoms in total. The van der Waals surface area contributed by atoms with Crippen LogP contribution in [0, 0.1) is 11.6 Å². The number of nitrogens with zero attached hydrogens (tertiary/aromatic N) is 5. The van der Waals surface area contributed by atoms with Gasteiger partial charge in [0.15, 0.2) is 0 Å². The van der Waals surface area contributed by atoms with Crippen LogP contribution in [0.3, 0.4) is 0 Å². The van der Waals surface area contributed by atoms with E-state index < -0.39 is 16.9 Å². The lowest BCUT2D eigenvalue weighted by Crippen LogP contribution is -2.53. The number of benzene rings is 3. The molecule has 226 valence electrons. The van der Waals surface area contributed by atoms with Crippen molar-refractivity contribution in [3.63, 3.8) is 0 Å². The lowest BCUT2D eigenvalue weighted by atomic mass is 9.99. The first kappa shape index (κ1) is 29.8. The molecule has 2 aliphatic rings. The van der Waals surface area contributed by atoms with Crippen LogP contribution in [-0.4, -0.2) is 75.8 Å². The molecule has 12 heteroatoms. The van der Waals surface area contributed by atoms with Crippen molar-refractivity contribution in [1.82, 2.24) is 19.6 Å². The van der Waals surface area contributed by atoms with E-state index >= 15 is 4.39 Å². The highest BCUT2D eigenvalue weighted by Gasteiger charge is 2.39. The van der Waals surface area contributed by atoms with E-state index in [1.807, 2.05) is 30.3 Å². The van der Waals surface area contributed by atoms with Gasteiger partial charge < -0.3 is 9.80 Å². The van der Waals surface area contributed by atoms with Gasteiger partial charge in [0.1, 0.15) is 24.0 Å². The Morgan fingerprint density at radius 3 is 2.32 bits per heavy atom. The maximum absolute atomic E-state index is 15.4. The summed E-state index contributed by atoms with van der Waals surface area (Å²) in [6.45, 7) is 2.67. The molecule has 0 spiro atoms. The molecule has 3 amide bonds. The van der Waals surface area contributed by atoms with Crippen molar-refractivity contribution in [3.05, 3.63) is 101 Å². The van der Waals surface area contributed by atoms with E-state index in [4.69, 9.17) is 16.7 Å². The van der Waals surface area contributed by atoms with Gasteiger partial charge in [-0.15, -0.1) is 11.8 Å². The number of aromatic nitrogens is 2. The number of hydrogen-bond acceptors (Lipinski definition) is 5. The van der Waals surface area contributed by atoms with Gasteiger partial charge in [0, 0.05) is 55.9 Å². The molecular formula is C32H28ClF2N5O3S. The smallest absolute Gasteiger partial charge is 0.242 e. The average molecular weight is 636 g/mol. The lowest BCUT2D eigenvalue weighted by Gasteiger charge is -2.35. The van der Waals surface area contributed by atoms with Crippen molar-refractivity contribution >= 4 is 46.9 Å². The molecule has 0 aliphatic carbocycles. The van der Waals surface area contributed by atoms with Crippen molar-refractivity contribution in [2.75, 3.05) is 43.4 Å². The number of para-hydroxylation sites is 1. The van der Waals surface area contributed by atoms with E-state index in [-0.39, 0.29) is 41.4 Å². The predicted octanol–water partition coefficient (Wildman–Crippen LogP) is 5.33. The van der Waals surface area contributed by atoms with Crippen molar-refractivity contribution < 1.29 is 23.2 Å². The molecule has 3 aromatic carbocycles. The van der Waals surface area contributed by atoms with Gasteiger partial charge in [-0.1, -0.05) is 60.1 Å². The van der Waals surface area contributed by atoms with E-state index in [1.165, 1.54) is 35.7 Å². The van der Waals surface area contributed by atoms with Crippen LogP contribution in [0.5, 0.6) is 0 Å². The van der Waals surface area contributed by atoms with Gasteiger partial charge in [-0.3, -0.25) is 19.3 Å². The van der Waals surface area contributed by atoms with E-state index in [9.17, 15) is 18.8 Å². The summed E-state index contributed by atoms with van der Waals surface area (Å²) in [6, 6.07) is 19.7. The average Bonchev–Trinajstić information content (AvgIpc) is 3.34. The van der Waals surface area contributed by atoms with Crippen LogP contribution < -0.4 is 4.90 Å². The summed E-state index contributed by atoms with van der Waals surface area (Å²) >= 11 is 7.86. The molecule has 0 radical (unpaired) electrons. The molecule has 2 aliphatic heterocycles. The van der Waals surface area contributed by atoms with Gasteiger partial charge >= 0.3 is 0 Å². The van der Waals surface area contributed by atoms with E-state index in [0.29, 0.717) is 53.7 Å². The van der Waals surface area contributed by atoms with Gasteiger partial charge in [-0.05, 0) is 18.2 Å². The van der Waals surface area contributed by atoms with Crippen LogP contribution in [0.15, 0.2) is 72.8 Å². The Kier molecular flexibility index (Phi) is 8.42. The topological polar surface area (TPSA) is 78.8 Å². The Morgan fingerprint density at radius 2 is 1.64 bits per heavy atom. The SMILES string of the molecule is CC(=O)N1CCN(C(=O)CN2C(=O)CS[C@H](c3ccc(F)cc3F)c3c(-c4ccccc4)nn(-c4ccccc4Cl)c32)CC1. The van der Waals surface area contributed by atoms with Crippen LogP contribution in [0.2, 0.25) is 5.02 Å². The number of carbonyl (C=O) groups is 3. The summed E-state index contributed by atoms with van der Waals surface area (Å²) in [7, 11) is 0. The first-order chi connectivity index (χ1) is 21.2. The third-order valence-corrected chi connectivity index (χ3v) is 9.39. The zero-order valence-corrected chi connectivity index (χ0v) is 25.3. The molecule has 0 bridgehead atoms. The third kappa shape index (κ3) is 5.69. The largest absolute Gasteiger partial charge is 0.339 e. The minimum atomic E-state index is -0.764. The summed E-state index contributed by atoms with van der Waals surface area (Å²) in [5, 5.41) is 4.55. The Hall–Kier alpha value is -4.22. The normalized spacial score (nSPS) is 17.0. The Balaban J connectivity index is 1.54. The van der Waals surface area contributed by atoms with Crippen LogP contribution in [0.25, 0.3) is 16.9 Å². The summed E-state index contributed by atoms with van der Waals surface area (Å²) < 4.78 is 31.0. The lowest BCUT2D eigenvalue weighted by molar-refractivity contribution is -0.137. The van der Waals surface area contributed by atoms with Crippen molar-refractivity contribution in [2.24, 2.45) is 0 Å². The molecule has 1 aromatic heterocycles. The molecule has 4 aromatic rings. The van der Waals surface area contributed by atoms with Crippen LogP contribution >= 0.6 is 23.4 Å². The van der Waals surface area contributed by atoms with Crippen molar-refractivity contribution in [3.8, 4) is 16.9 Å². The maximum Gasteiger partial charge on any atom is 0.242 e. The zero-order valence-electron chi connectivity index (χ0n) is 23.8. The number of hydrogen-bond donors (Lipinski definition) is 0. The first-order valence-corrected chi connectivity index (χ1v) is 15.5. The van der Waals surface area contributed by atoms with E-state index in [1.54, 1.807) is 38.7 Å². The summed E-state index contributed by atoms with van der Waals surface area (Å²) in [5.41, 5.74) is 2.35. The second-order valence-electron chi connectivity index (χ2n) is 10.5. The Bertz CT molecular complexity index is 1740. The molecule has 0 N–H and O–H groups in total. The standard InChI is InChI=1S/C32H28ClF2N5O3S/c1-20(41)37-13-15-38(16-14-37)27(42)18-39-28(43)19-44-31(23-12-11-22(34)17-25(23)35)29-30(21-7-3-2-4-8-21)36-40(32(29)39)26-10-6-5-9-24(26)33/h2-12,17,31H,13-16,18-19H2,1H3/t31-/m1/s1. The van der Waals surface area contributed by atoms with Crippen LogP contribution in [0.1, 0.15) is 23.3 Å². The fourth-order valence-corrected chi connectivity index (χ4v) is 7.02. The fourth-order valence-electron chi connectivity index (χ4n) is 5.59. The molecule has 3 heterocycles. The number of thioether (sulfide) groups is 1. The Morgan fingerprint density at radius 1 is 0.955 bits per heavy atom. The molecule has 1 atom stereocenters. The summed E-state index contributed by atoms with van der Waals surface area (Å²) in [4.78, 5) is 44.2. The highest BCUT2D eigenvalue weighted by Crippen LogP contribution is 2.49. The number of amides is 3. The zero-order chi connectivity index (χ0) is 31.0. The van der Waals surface area contributed by atoms with E-state index in [0.717, 1.165) is 6.07 Å². The van der Waals surface area contributed by atoms with Crippen LogP contribution in [0.4, 0.5) is 14.6 Å². The fraction of sp³-hybridized carbons (Fsp3) is 0.250. The molecule has 6 rings (SSSR count). The number of rotatable bonds is 5. The van der Waals surface area contributed by atoms with Gasteiger partial charge in [-0.25, -0.2) is 13.5 Å². The minimum Gasteiger partial charge on any atom is -0.339 e. The molecule has 0 saturated carbocycles. The third-order valence-electron chi connectivity index (χ3n) is 7.83. The van der Waals surface area contributed by atoms with Gasteiger partial charge in [0.25, 0.3) is 0 Å². The highest BCUT2D eigenvalue weighted by molar-refractivity contribution is 8.00. The minimum absolute atomic E-state index is 0.0578. The number of halogens is 3. The number of carbonyl (C=O) groups excluding carboxylic acids is 3. The monoisotopic (exact) mass is 635 g/mol. The summed E-state index contributed by atoms with van der Waals surface area (Å²) in [6.07, 6.45) is 0. The van der Waals surface area contributed by atoms with Gasteiger partial charge in [0.2, 0.25) is 17.7 Å². The second-order valence-corrected chi connectivity index (χ2v) is 12.0. The second kappa shape index (κ2) is 12.4. The van der Waals surface area contributed by atoms with Gasteiger partial charge in [-0.2, -0.15) is 5.10 Å². The van der Waals surface area contributed by atoms with Gasteiger partial charge in [0.05, 0.1) is 27.4 Å². The number of anilines is 1. The van der Waals surface area contributed by atoms with Crippen molar-refractivity contribution in [2.45, 2.75) is 12.2 Å². The molecule has 0 unspecified atom stereocenters. The predicted molar refractivity (Wildman–Crippen MR) is 166 cm³/mol. The Labute approximate surface area is 262 Å². The first-order valence-electron chi connectivity index (χ1n) is 14.1. The number of piperazine rings is 1. The highest BCUT2D eigenvalue weighted by atomic mass is 35.5. The maximum atomic E-state index is 15.4. The van der Waals surface area contributed by atoms with Crippen LogP contribution in [-0.2, 0) is 14.4 Å². The molecule has 44 heavy (non-hydrogen) atoms. The summed E-state index contributed by atoms with van der Waals surface area (Å²) in [5.74, 6) is -1.97.